The molecule has 0 spiro atoms. The van der Waals surface area contributed by atoms with E-state index in [2.05, 4.69) is 30.9 Å². The Balaban J connectivity index is 1.34. The van der Waals surface area contributed by atoms with Gasteiger partial charge < -0.3 is 38.9 Å². The molecule has 1 fully saturated rings. The van der Waals surface area contributed by atoms with Gasteiger partial charge in [0.25, 0.3) is 5.69 Å². The minimum Gasteiger partial charge on any atom is -0.497 e. The maximum absolute atomic E-state index is 14.6. The summed E-state index contributed by atoms with van der Waals surface area (Å²) >= 11 is 1.73. The zero-order valence-electron chi connectivity index (χ0n) is 37.8. The number of amides is 1. The fourth-order valence-electron chi connectivity index (χ4n) is 9.81. The molecule has 2 aliphatic carbocycles. The van der Waals surface area contributed by atoms with Crippen LogP contribution in [-0.2, 0) is 27.4 Å². The third kappa shape index (κ3) is 11.3. The fourth-order valence-corrected chi connectivity index (χ4v) is 10.6. The molecule has 13 nitrogen and oxygen atoms in total. The number of carbonyl (C=O) groups excluding carboxylic acids is 1. The molecule has 7 rings (SSSR count). The third-order valence-electron chi connectivity index (χ3n) is 12.9. The van der Waals surface area contributed by atoms with E-state index >= 15 is 0 Å². The number of hydrogen-bond donors (Lipinski definition) is 2. The number of benzene rings is 4. The number of rotatable bonds is 24. The predicted molar refractivity (Wildman–Crippen MR) is 255 cm³/mol. The van der Waals surface area contributed by atoms with Gasteiger partial charge >= 0.3 is 0 Å². The van der Waals surface area contributed by atoms with Gasteiger partial charge in [-0.25, -0.2) is 0 Å². The van der Waals surface area contributed by atoms with Crippen LogP contribution in [0.15, 0.2) is 131 Å². The zero-order valence-corrected chi connectivity index (χ0v) is 38.6. The molecule has 4 aromatic carbocycles. The second kappa shape index (κ2) is 23.2. The number of allylic oxidation sites excluding steroid dienone is 1. The number of oxime groups is 1. The topological polar surface area (TPSA) is 162 Å². The van der Waals surface area contributed by atoms with Crippen molar-refractivity contribution in [2.45, 2.75) is 80.6 Å². The standard InChI is InChI=1S/C52H61N3O10S/c1-4-27-63-52-48(54(2)49(58)31-37-13-12-15-40(30-37)61-3)34-46(53-64-35-36-19-21-39(22-20-36)55(59)60)44-32-38(14-8-10-25-56)43(18-9-11-26-57)50(51(44)52)45-33-41(23-24-47(45)65-52)62-28-29-66-42-16-6-5-7-17-42/h4-7,12-13,15-17,19-24,30,32-33,38,43,48,50-51,56-57H,1,8-11,14,18,25-29,31,34-35H2,2-3H3. The zero-order chi connectivity index (χ0) is 46.5. The molecule has 0 bridgehead atoms. The van der Waals surface area contributed by atoms with E-state index in [-0.39, 0.29) is 68.6 Å². The third-order valence-corrected chi connectivity index (χ3v) is 13.9. The maximum Gasteiger partial charge on any atom is 0.269 e. The van der Waals surface area contributed by atoms with Crippen LogP contribution < -0.4 is 14.2 Å². The average molecular weight is 920 g/mol. The highest BCUT2D eigenvalue weighted by atomic mass is 32.2. The molecule has 3 aliphatic rings. The first-order valence-electron chi connectivity index (χ1n) is 22.8. The Bertz CT molecular complexity index is 2320. The highest BCUT2D eigenvalue weighted by Gasteiger charge is 2.65. The first-order valence-corrected chi connectivity index (χ1v) is 23.8. The van der Waals surface area contributed by atoms with Gasteiger partial charge in [0, 0.05) is 60.9 Å². The average Bonchev–Trinajstić information content (AvgIpc) is 3.33. The molecule has 0 saturated heterocycles. The van der Waals surface area contributed by atoms with Gasteiger partial charge in [0.1, 0.15) is 29.9 Å². The van der Waals surface area contributed by atoms with Gasteiger partial charge in [-0.1, -0.05) is 60.5 Å². The van der Waals surface area contributed by atoms with Gasteiger partial charge in [-0.3, -0.25) is 14.9 Å². The Morgan fingerprint density at radius 2 is 1.74 bits per heavy atom. The van der Waals surface area contributed by atoms with Gasteiger partial charge in [-0.2, -0.15) is 0 Å². The summed E-state index contributed by atoms with van der Waals surface area (Å²) < 4.78 is 26.3. The molecular formula is C52H61N3O10S. The molecule has 1 amide bonds. The summed E-state index contributed by atoms with van der Waals surface area (Å²) in [5.74, 6) is 0.569. The molecule has 66 heavy (non-hydrogen) atoms. The molecule has 1 saturated carbocycles. The summed E-state index contributed by atoms with van der Waals surface area (Å²) in [6.07, 6.45) is 8.80. The number of nitro groups is 1. The molecule has 0 aromatic heterocycles. The summed E-state index contributed by atoms with van der Waals surface area (Å²) in [5, 5.41) is 36.2. The van der Waals surface area contributed by atoms with Gasteiger partial charge in [0.05, 0.1) is 43.3 Å². The van der Waals surface area contributed by atoms with Crippen molar-refractivity contribution in [1.82, 2.24) is 4.90 Å². The van der Waals surface area contributed by atoms with Crippen LogP contribution in [0.25, 0.3) is 0 Å². The molecule has 14 heteroatoms. The van der Waals surface area contributed by atoms with Crippen LogP contribution in [0.3, 0.4) is 0 Å². The van der Waals surface area contributed by atoms with Crippen LogP contribution in [-0.4, -0.2) is 89.8 Å². The Morgan fingerprint density at radius 1 is 0.970 bits per heavy atom. The quantitative estimate of drug-likeness (QED) is 0.0227. The first kappa shape index (κ1) is 48.3. The Morgan fingerprint density at radius 3 is 2.47 bits per heavy atom. The van der Waals surface area contributed by atoms with Crippen LogP contribution in [0.2, 0.25) is 0 Å². The molecular weight excluding hydrogens is 859 g/mol. The first-order chi connectivity index (χ1) is 32.2. The fraction of sp³-hybridized carbons (Fsp3) is 0.423. The molecule has 6 unspecified atom stereocenters. The molecule has 1 aliphatic heterocycles. The van der Waals surface area contributed by atoms with Gasteiger partial charge in [-0.15, -0.1) is 18.3 Å². The smallest absolute Gasteiger partial charge is 0.269 e. The number of hydrogen-bond acceptors (Lipinski definition) is 12. The number of methoxy groups -OCH3 is 1. The summed E-state index contributed by atoms with van der Waals surface area (Å²) in [6, 6.07) is 29.2. The minimum absolute atomic E-state index is 0.0194. The van der Waals surface area contributed by atoms with Crippen molar-refractivity contribution >= 4 is 29.1 Å². The monoisotopic (exact) mass is 919 g/mol. The van der Waals surface area contributed by atoms with Crippen molar-refractivity contribution < 1.29 is 43.7 Å². The van der Waals surface area contributed by atoms with E-state index in [9.17, 15) is 25.1 Å². The van der Waals surface area contributed by atoms with Crippen molar-refractivity contribution in [3.8, 4) is 17.2 Å². The summed E-state index contributed by atoms with van der Waals surface area (Å²) in [5.41, 5.74) is 4.00. The highest BCUT2D eigenvalue weighted by Crippen LogP contribution is 2.62. The summed E-state index contributed by atoms with van der Waals surface area (Å²) in [6.45, 7) is 4.87. The molecule has 6 atom stereocenters. The Labute approximate surface area is 391 Å². The lowest BCUT2D eigenvalue weighted by Gasteiger charge is -2.59. The van der Waals surface area contributed by atoms with E-state index in [0.29, 0.717) is 48.0 Å². The number of aliphatic hydroxyl groups excluding tert-OH is 2. The number of nitrogens with zero attached hydrogens (tertiary/aromatic N) is 3. The van der Waals surface area contributed by atoms with E-state index in [1.54, 1.807) is 49.0 Å². The molecule has 4 aromatic rings. The van der Waals surface area contributed by atoms with Crippen LogP contribution >= 0.6 is 11.8 Å². The summed E-state index contributed by atoms with van der Waals surface area (Å²) in [7, 11) is 3.38. The van der Waals surface area contributed by atoms with E-state index in [1.165, 1.54) is 17.0 Å². The summed E-state index contributed by atoms with van der Waals surface area (Å²) in [4.78, 5) is 34.6. The number of likely N-dealkylation sites (N-methyl/N-ethyl adjacent to an activating group) is 1. The second-order valence-electron chi connectivity index (χ2n) is 17.0. The van der Waals surface area contributed by atoms with Crippen LogP contribution in [0.5, 0.6) is 17.2 Å². The number of thioether (sulfide) groups is 1. The van der Waals surface area contributed by atoms with Crippen molar-refractivity contribution in [1.29, 1.82) is 0 Å². The highest BCUT2D eigenvalue weighted by molar-refractivity contribution is 7.99. The number of carbonyl (C=O) groups is 1. The maximum atomic E-state index is 14.6. The lowest BCUT2D eigenvalue weighted by atomic mass is 9.55. The van der Waals surface area contributed by atoms with E-state index < -0.39 is 22.7 Å². The molecule has 350 valence electrons. The van der Waals surface area contributed by atoms with Crippen molar-refractivity contribution in [3.05, 3.63) is 148 Å². The van der Waals surface area contributed by atoms with Crippen molar-refractivity contribution in [2.24, 2.45) is 22.9 Å². The van der Waals surface area contributed by atoms with Gasteiger partial charge in [0.2, 0.25) is 11.7 Å². The largest absolute Gasteiger partial charge is 0.497 e. The van der Waals surface area contributed by atoms with Gasteiger partial charge in [0.15, 0.2) is 0 Å². The lowest BCUT2D eigenvalue weighted by Crippen LogP contribution is -2.69. The predicted octanol–water partition coefficient (Wildman–Crippen LogP) is 9.31. The van der Waals surface area contributed by atoms with E-state index in [4.69, 9.17) is 28.9 Å². The van der Waals surface area contributed by atoms with Crippen LogP contribution in [0.1, 0.15) is 67.6 Å². The van der Waals surface area contributed by atoms with Crippen molar-refractivity contribution in [3.63, 3.8) is 0 Å². The van der Waals surface area contributed by atoms with E-state index in [1.807, 2.05) is 54.6 Å². The Hall–Kier alpha value is -5.67. The van der Waals surface area contributed by atoms with E-state index in [0.717, 1.165) is 48.1 Å². The Kier molecular flexibility index (Phi) is 16.9. The SMILES string of the molecule is C=CCOC12Oc3ccc(OCCSc4ccccc4)cc3C3C(CCCCO)C(CCCCO)C=C(C(=NOCc4ccc([N+](=O)[O-])cc4)CC1N(C)C(=O)Cc1cccc(OC)c1)C32. The molecule has 0 radical (unpaired) electrons. The number of unbranched alkanes of at least 4 members (excludes halogenated alkanes) is 2. The van der Waals surface area contributed by atoms with Crippen molar-refractivity contribution in [2.75, 3.05) is 46.3 Å². The number of non-ortho nitro benzene ring substituents is 1. The number of fused-ring (bicyclic) bond motifs is 2. The number of nitro benzene ring substituents is 1. The normalized spacial score (nSPS) is 22.3. The minimum atomic E-state index is -1.41. The number of aliphatic hydroxyl groups is 2. The van der Waals surface area contributed by atoms with Gasteiger partial charge in [-0.05, 0) is 109 Å². The number of ether oxygens (including phenoxy) is 4. The lowest BCUT2D eigenvalue weighted by molar-refractivity contribution is -0.384. The molecule has 2 N–H and O–H groups in total. The second-order valence-corrected chi connectivity index (χ2v) is 18.2. The van der Waals surface area contributed by atoms with Crippen LogP contribution in [0, 0.1) is 27.9 Å². The van der Waals surface area contributed by atoms with Crippen LogP contribution in [0.4, 0.5) is 5.69 Å². The molecule has 1 heterocycles.